The van der Waals surface area contributed by atoms with Crippen LogP contribution in [0, 0.1) is 0 Å². The fourth-order valence-corrected chi connectivity index (χ4v) is 2.47. The maximum atomic E-state index is 12.0. The second-order valence-corrected chi connectivity index (χ2v) is 5.80. The molecular formula is C14H10BrClN4O. The summed E-state index contributed by atoms with van der Waals surface area (Å²) in [6, 6.07) is 5.50. The number of amides is 1. The van der Waals surface area contributed by atoms with E-state index in [1.165, 1.54) is 6.20 Å². The lowest BCUT2D eigenvalue weighted by Crippen LogP contribution is -2.12. The molecule has 0 fully saturated rings. The van der Waals surface area contributed by atoms with Crippen LogP contribution in [0.1, 0.15) is 10.4 Å². The number of aryl methyl sites for hydroxylation is 1. The molecule has 0 aliphatic rings. The maximum absolute atomic E-state index is 12.0. The van der Waals surface area contributed by atoms with Gasteiger partial charge in [-0.1, -0.05) is 11.6 Å². The topological polar surface area (TPSA) is 59.8 Å². The molecular weight excluding hydrogens is 356 g/mol. The fraction of sp³-hybridized carbons (Fsp3) is 0.0714. The largest absolute Gasteiger partial charge is 0.306 e. The summed E-state index contributed by atoms with van der Waals surface area (Å²) in [4.78, 5) is 16.3. The van der Waals surface area contributed by atoms with Crippen molar-refractivity contribution in [2.24, 2.45) is 7.05 Å². The Hall–Kier alpha value is -1.92. The highest BCUT2D eigenvalue weighted by Crippen LogP contribution is 2.28. The molecule has 3 aromatic rings. The first-order chi connectivity index (χ1) is 10.0. The molecule has 0 spiro atoms. The second-order valence-electron chi connectivity index (χ2n) is 4.54. The normalized spacial score (nSPS) is 10.8. The molecule has 106 valence electrons. The van der Waals surface area contributed by atoms with Crippen LogP contribution in [0.5, 0.6) is 0 Å². The number of halogens is 2. The summed E-state index contributed by atoms with van der Waals surface area (Å²) in [6.07, 6.45) is 4.83. The number of carbonyl (C=O) groups is 1. The molecule has 0 radical (unpaired) electrons. The van der Waals surface area contributed by atoms with Gasteiger partial charge in [-0.3, -0.25) is 9.48 Å². The van der Waals surface area contributed by atoms with Crippen LogP contribution in [-0.4, -0.2) is 20.7 Å². The monoisotopic (exact) mass is 364 g/mol. The number of benzene rings is 1. The minimum atomic E-state index is -0.247. The zero-order valence-electron chi connectivity index (χ0n) is 11.0. The van der Waals surface area contributed by atoms with Gasteiger partial charge >= 0.3 is 0 Å². The van der Waals surface area contributed by atoms with E-state index in [0.29, 0.717) is 16.4 Å². The van der Waals surface area contributed by atoms with Crippen LogP contribution in [-0.2, 0) is 7.05 Å². The fourth-order valence-electron chi connectivity index (χ4n) is 1.93. The van der Waals surface area contributed by atoms with Crippen LogP contribution in [0.2, 0.25) is 5.02 Å². The predicted octanol–water partition coefficient (Wildman–Crippen LogP) is 3.64. The van der Waals surface area contributed by atoms with Gasteiger partial charge in [0.2, 0.25) is 0 Å². The van der Waals surface area contributed by atoms with E-state index in [1.54, 1.807) is 30.2 Å². The lowest BCUT2D eigenvalue weighted by Gasteiger charge is -2.05. The third-order valence-corrected chi connectivity index (χ3v) is 4.17. The van der Waals surface area contributed by atoms with Crippen LogP contribution in [0.4, 0.5) is 5.82 Å². The van der Waals surface area contributed by atoms with Crippen LogP contribution < -0.4 is 5.32 Å². The first kappa shape index (κ1) is 14.0. The molecule has 1 N–H and O–H groups in total. The number of nitrogens with one attached hydrogen (secondary N) is 1. The van der Waals surface area contributed by atoms with Crippen molar-refractivity contribution in [2.75, 3.05) is 5.32 Å². The average molecular weight is 366 g/mol. The quantitative estimate of drug-likeness (QED) is 0.754. The van der Waals surface area contributed by atoms with E-state index in [2.05, 4.69) is 31.3 Å². The molecule has 2 heterocycles. The van der Waals surface area contributed by atoms with E-state index < -0.39 is 0 Å². The highest BCUT2D eigenvalue weighted by molar-refractivity contribution is 9.10. The smallest absolute Gasteiger partial charge is 0.260 e. The van der Waals surface area contributed by atoms with E-state index in [4.69, 9.17) is 11.6 Å². The lowest BCUT2D eigenvalue weighted by molar-refractivity contribution is 0.102. The van der Waals surface area contributed by atoms with E-state index >= 15 is 0 Å². The van der Waals surface area contributed by atoms with Crippen LogP contribution in [0.3, 0.4) is 0 Å². The number of rotatable bonds is 2. The van der Waals surface area contributed by atoms with Gasteiger partial charge in [0, 0.05) is 29.3 Å². The third-order valence-electron chi connectivity index (χ3n) is 2.97. The molecule has 2 aromatic heterocycles. The van der Waals surface area contributed by atoms with Crippen molar-refractivity contribution in [2.45, 2.75) is 0 Å². The van der Waals surface area contributed by atoms with Crippen molar-refractivity contribution in [3.63, 3.8) is 0 Å². The van der Waals surface area contributed by atoms with Crippen LogP contribution in [0.15, 0.2) is 41.3 Å². The number of anilines is 1. The van der Waals surface area contributed by atoms with Gasteiger partial charge in [-0.05, 0) is 39.5 Å². The minimum absolute atomic E-state index is 0.247. The van der Waals surface area contributed by atoms with Crippen molar-refractivity contribution in [1.29, 1.82) is 0 Å². The van der Waals surface area contributed by atoms with Gasteiger partial charge in [0.05, 0.1) is 16.8 Å². The van der Waals surface area contributed by atoms with E-state index in [9.17, 15) is 4.79 Å². The molecule has 0 saturated carbocycles. The molecule has 1 aromatic carbocycles. The summed E-state index contributed by atoms with van der Waals surface area (Å²) < 4.78 is 2.37. The zero-order chi connectivity index (χ0) is 15.0. The molecule has 1 amide bonds. The highest BCUT2D eigenvalue weighted by Gasteiger charge is 2.09. The first-order valence-electron chi connectivity index (χ1n) is 6.08. The van der Waals surface area contributed by atoms with Gasteiger partial charge in [-0.25, -0.2) is 4.98 Å². The molecule has 3 rings (SSSR count). The molecule has 0 unspecified atom stereocenters. The summed E-state index contributed by atoms with van der Waals surface area (Å²) in [5.41, 5.74) is 0.483. The van der Waals surface area contributed by atoms with Crippen molar-refractivity contribution < 1.29 is 4.79 Å². The highest BCUT2D eigenvalue weighted by atomic mass is 79.9. The Bertz CT molecular complexity index is 846. The third kappa shape index (κ3) is 2.91. The molecule has 21 heavy (non-hydrogen) atoms. The van der Waals surface area contributed by atoms with Gasteiger partial charge in [0.1, 0.15) is 5.82 Å². The molecule has 0 aliphatic heterocycles. The van der Waals surface area contributed by atoms with Crippen molar-refractivity contribution in [1.82, 2.24) is 14.8 Å². The van der Waals surface area contributed by atoms with Gasteiger partial charge in [0.15, 0.2) is 0 Å². The Kier molecular flexibility index (Phi) is 3.65. The van der Waals surface area contributed by atoms with Crippen molar-refractivity contribution >= 4 is 50.0 Å². The molecule has 0 saturated heterocycles. The summed E-state index contributed by atoms with van der Waals surface area (Å²) in [5, 5.41) is 9.17. The molecule has 0 aliphatic carbocycles. The predicted molar refractivity (Wildman–Crippen MR) is 85.6 cm³/mol. The molecule has 7 heteroatoms. The van der Waals surface area contributed by atoms with Gasteiger partial charge in [-0.15, -0.1) is 0 Å². The Morgan fingerprint density at radius 2 is 2.10 bits per heavy atom. The SMILES string of the molecule is Cn1cc(C(=O)Nc2cc3cc(Br)c(Cl)cc3cn2)cn1. The van der Waals surface area contributed by atoms with E-state index in [-0.39, 0.29) is 5.91 Å². The van der Waals surface area contributed by atoms with Crippen molar-refractivity contribution in [3.05, 3.63) is 51.8 Å². The zero-order valence-corrected chi connectivity index (χ0v) is 13.3. The summed E-state index contributed by atoms with van der Waals surface area (Å²) in [7, 11) is 1.76. The Labute approximate surface area is 134 Å². The number of nitrogens with zero attached hydrogens (tertiary/aromatic N) is 3. The minimum Gasteiger partial charge on any atom is -0.306 e. The van der Waals surface area contributed by atoms with Gasteiger partial charge in [0.25, 0.3) is 5.91 Å². The van der Waals surface area contributed by atoms with E-state index in [0.717, 1.165) is 15.2 Å². The van der Waals surface area contributed by atoms with Gasteiger partial charge in [-0.2, -0.15) is 5.10 Å². The van der Waals surface area contributed by atoms with Crippen LogP contribution in [0.25, 0.3) is 10.8 Å². The molecule has 0 bridgehead atoms. The van der Waals surface area contributed by atoms with Crippen molar-refractivity contribution in [3.8, 4) is 0 Å². The van der Waals surface area contributed by atoms with E-state index in [1.807, 2.05) is 12.1 Å². The maximum Gasteiger partial charge on any atom is 0.260 e. The molecule has 0 atom stereocenters. The number of hydrogen-bond acceptors (Lipinski definition) is 3. The summed E-state index contributed by atoms with van der Waals surface area (Å²) in [5.74, 6) is 0.230. The number of hydrogen-bond donors (Lipinski definition) is 1. The number of carbonyl (C=O) groups excluding carboxylic acids is 1. The van der Waals surface area contributed by atoms with Crippen LogP contribution >= 0.6 is 27.5 Å². The number of aromatic nitrogens is 3. The van der Waals surface area contributed by atoms with Gasteiger partial charge < -0.3 is 5.32 Å². The average Bonchev–Trinajstić information content (AvgIpc) is 2.87. The Morgan fingerprint density at radius 1 is 1.29 bits per heavy atom. The first-order valence-corrected chi connectivity index (χ1v) is 7.25. The number of pyridine rings is 1. The standard InChI is InChI=1S/C14H10BrClN4O/c1-20-7-10(6-18-20)14(21)19-13-4-8-2-11(15)12(16)3-9(8)5-17-13/h2-7H,1H3,(H,17,19,21). The molecule has 5 nitrogen and oxygen atoms in total. The lowest BCUT2D eigenvalue weighted by atomic mass is 10.2. The Balaban J connectivity index is 1.91. The summed E-state index contributed by atoms with van der Waals surface area (Å²) >= 11 is 9.42. The summed E-state index contributed by atoms with van der Waals surface area (Å²) in [6.45, 7) is 0. The number of fused-ring (bicyclic) bond motifs is 1. The second kappa shape index (κ2) is 5.46. The Morgan fingerprint density at radius 3 is 2.81 bits per heavy atom.